The molecule has 0 aromatic carbocycles. The van der Waals surface area contributed by atoms with Gasteiger partial charge in [0, 0.05) is 13.1 Å². The number of carboxylic acids is 1. The van der Waals surface area contributed by atoms with Crippen molar-refractivity contribution in [3.8, 4) is 0 Å². The first-order valence-electron chi connectivity index (χ1n) is 5.95. The first kappa shape index (κ1) is 13.5. The minimum Gasteiger partial charge on any atom is -0.478 e. The number of carbonyl (C=O) groups is 1. The molecule has 17 heavy (non-hydrogen) atoms. The molecule has 1 rings (SSSR count). The molecule has 0 saturated carbocycles. The lowest BCUT2D eigenvalue weighted by molar-refractivity contribution is 0.0695. The van der Waals surface area contributed by atoms with Gasteiger partial charge in [0.1, 0.15) is 5.82 Å². The second-order valence-electron chi connectivity index (χ2n) is 4.19. The van der Waals surface area contributed by atoms with Gasteiger partial charge < -0.3 is 10.0 Å². The number of carboxylic acid groups (broad SMARTS) is 1. The fourth-order valence-corrected chi connectivity index (χ4v) is 1.99. The van der Waals surface area contributed by atoms with Gasteiger partial charge >= 0.3 is 5.97 Å². The number of anilines is 1. The summed E-state index contributed by atoms with van der Waals surface area (Å²) < 4.78 is 0. The van der Waals surface area contributed by atoms with Gasteiger partial charge in [-0.1, -0.05) is 13.8 Å². The van der Waals surface area contributed by atoms with E-state index < -0.39 is 5.97 Å². The molecule has 1 N–H and O–H groups in total. The average molecular weight is 236 g/mol. The van der Waals surface area contributed by atoms with Gasteiger partial charge in [-0.3, -0.25) is 0 Å². The number of hydrogen-bond donors (Lipinski definition) is 1. The van der Waals surface area contributed by atoms with Crippen LogP contribution < -0.4 is 4.90 Å². The molecule has 4 nitrogen and oxygen atoms in total. The van der Waals surface area contributed by atoms with Crippen LogP contribution in [0.15, 0.2) is 12.1 Å². The monoisotopic (exact) mass is 236 g/mol. The van der Waals surface area contributed by atoms with Crippen molar-refractivity contribution in [3.05, 3.63) is 23.4 Å². The lowest BCUT2D eigenvalue weighted by Gasteiger charge is -2.27. The van der Waals surface area contributed by atoms with E-state index >= 15 is 0 Å². The van der Waals surface area contributed by atoms with Crippen LogP contribution >= 0.6 is 0 Å². The van der Waals surface area contributed by atoms with E-state index in [1.807, 2.05) is 7.05 Å². The van der Waals surface area contributed by atoms with Gasteiger partial charge in [-0.15, -0.1) is 0 Å². The molecule has 0 aliphatic carbocycles. The Bertz CT molecular complexity index is 400. The van der Waals surface area contributed by atoms with Gasteiger partial charge in [-0.05, 0) is 31.9 Å². The smallest absolute Gasteiger partial charge is 0.337 e. The Labute approximate surface area is 102 Å². The van der Waals surface area contributed by atoms with E-state index in [0.717, 1.165) is 18.7 Å². The summed E-state index contributed by atoms with van der Waals surface area (Å²) in [7, 11) is 2.00. The molecule has 0 saturated heterocycles. The van der Waals surface area contributed by atoms with Crippen molar-refractivity contribution in [3.63, 3.8) is 0 Å². The number of nitrogens with zero attached hydrogens (tertiary/aromatic N) is 2. The molecule has 0 bridgehead atoms. The zero-order chi connectivity index (χ0) is 13.0. The lowest BCUT2D eigenvalue weighted by Crippen LogP contribution is -2.31. The van der Waals surface area contributed by atoms with Crippen molar-refractivity contribution in [2.24, 2.45) is 0 Å². The van der Waals surface area contributed by atoms with Crippen LogP contribution in [-0.4, -0.2) is 29.1 Å². The average Bonchev–Trinajstić information content (AvgIpc) is 2.29. The maximum atomic E-state index is 10.9. The minimum atomic E-state index is -0.924. The molecule has 0 amide bonds. The van der Waals surface area contributed by atoms with Gasteiger partial charge in [0.2, 0.25) is 0 Å². The molecule has 0 radical (unpaired) electrons. The summed E-state index contributed by atoms with van der Waals surface area (Å²) >= 11 is 0. The summed E-state index contributed by atoms with van der Waals surface area (Å²) in [5, 5.41) is 8.94. The minimum absolute atomic E-state index is 0.270. The third-order valence-corrected chi connectivity index (χ3v) is 3.15. The Morgan fingerprint density at radius 2 is 2.00 bits per heavy atom. The summed E-state index contributed by atoms with van der Waals surface area (Å²) in [4.78, 5) is 17.4. The Hall–Kier alpha value is -1.58. The molecule has 94 valence electrons. The van der Waals surface area contributed by atoms with E-state index in [-0.39, 0.29) is 5.56 Å². The summed E-state index contributed by atoms with van der Waals surface area (Å²) in [5.74, 6) is -0.0899. The predicted octanol–water partition coefficient (Wildman–Crippen LogP) is 2.71. The third kappa shape index (κ3) is 2.96. The van der Waals surface area contributed by atoms with Crippen molar-refractivity contribution in [2.45, 2.75) is 39.7 Å². The van der Waals surface area contributed by atoms with E-state index in [4.69, 9.17) is 5.11 Å². The van der Waals surface area contributed by atoms with Crippen molar-refractivity contribution >= 4 is 11.8 Å². The number of aryl methyl sites for hydroxylation is 1. The van der Waals surface area contributed by atoms with Gasteiger partial charge in [-0.25, -0.2) is 9.78 Å². The van der Waals surface area contributed by atoms with Crippen LogP contribution in [0, 0.1) is 6.92 Å². The molecular formula is C13H20N2O2. The van der Waals surface area contributed by atoms with Crippen LogP contribution in [0.4, 0.5) is 5.82 Å². The van der Waals surface area contributed by atoms with Gasteiger partial charge in [0.15, 0.2) is 0 Å². The van der Waals surface area contributed by atoms with Gasteiger partial charge in [0.25, 0.3) is 0 Å². The zero-order valence-electron chi connectivity index (χ0n) is 10.9. The standard InChI is InChI=1S/C13H20N2O2/c1-5-10(6-2)15(4)12-8-7-11(13(16)17)9(3)14-12/h7-8,10H,5-6H2,1-4H3,(H,16,17). The van der Waals surface area contributed by atoms with Crippen molar-refractivity contribution in [1.82, 2.24) is 4.98 Å². The van der Waals surface area contributed by atoms with E-state index in [9.17, 15) is 4.79 Å². The van der Waals surface area contributed by atoms with Gasteiger partial charge in [0.05, 0.1) is 11.3 Å². The second-order valence-corrected chi connectivity index (χ2v) is 4.19. The second kappa shape index (κ2) is 5.66. The number of pyridine rings is 1. The fourth-order valence-electron chi connectivity index (χ4n) is 1.99. The quantitative estimate of drug-likeness (QED) is 0.854. The number of hydrogen-bond acceptors (Lipinski definition) is 3. The highest BCUT2D eigenvalue weighted by molar-refractivity contribution is 5.89. The summed E-state index contributed by atoms with van der Waals surface area (Å²) in [5.41, 5.74) is 0.833. The first-order chi connectivity index (χ1) is 8.01. The van der Waals surface area contributed by atoms with Gasteiger partial charge in [-0.2, -0.15) is 0 Å². The largest absolute Gasteiger partial charge is 0.478 e. The molecule has 0 aliphatic heterocycles. The maximum Gasteiger partial charge on any atom is 0.337 e. The highest BCUT2D eigenvalue weighted by atomic mass is 16.4. The predicted molar refractivity (Wildman–Crippen MR) is 68.7 cm³/mol. The Morgan fingerprint density at radius 1 is 1.41 bits per heavy atom. The number of rotatable bonds is 5. The fraction of sp³-hybridized carbons (Fsp3) is 0.538. The van der Waals surface area contributed by atoms with E-state index in [0.29, 0.717) is 11.7 Å². The number of aromatic carboxylic acids is 1. The SMILES string of the molecule is CCC(CC)N(C)c1ccc(C(=O)O)c(C)n1. The maximum absolute atomic E-state index is 10.9. The summed E-state index contributed by atoms with van der Waals surface area (Å²) in [6, 6.07) is 3.84. The molecule has 0 atom stereocenters. The molecular weight excluding hydrogens is 216 g/mol. The Balaban J connectivity index is 3.00. The van der Waals surface area contributed by atoms with Crippen molar-refractivity contribution in [2.75, 3.05) is 11.9 Å². The summed E-state index contributed by atoms with van der Waals surface area (Å²) in [6.07, 6.45) is 2.10. The summed E-state index contributed by atoms with van der Waals surface area (Å²) in [6.45, 7) is 6.01. The molecule has 1 aromatic rings. The number of aromatic nitrogens is 1. The van der Waals surface area contributed by atoms with E-state index in [1.165, 1.54) is 0 Å². The highest BCUT2D eigenvalue weighted by Gasteiger charge is 2.15. The highest BCUT2D eigenvalue weighted by Crippen LogP contribution is 2.18. The van der Waals surface area contributed by atoms with Crippen LogP contribution in [0.1, 0.15) is 42.7 Å². The van der Waals surface area contributed by atoms with Crippen LogP contribution in [0.5, 0.6) is 0 Å². The Kier molecular flexibility index (Phi) is 4.49. The molecule has 0 unspecified atom stereocenters. The van der Waals surface area contributed by atoms with Crippen molar-refractivity contribution in [1.29, 1.82) is 0 Å². The van der Waals surface area contributed by atoms with E-state index in [1.54, 1.807) is 19.1 Å². The van der Waals surface area contributed by atoms with E-state index in [2.05, 4.69) is 23.7 Å². The normalized spacial score (nSPS) is 10.6. The first-order valence-corrected chi connectivity index (χ1v) is 5.95. The van der Waals surface area contributed by atoms with Crippen molar-refractivity contribution < 1.29 is 9.90 Å². The molecule has 0 spiro atoms. The molecule has 0 fully saturated rings. The molecule has 0 aliphatic rings. The van der Waals surface area contributed by atoms with Crippen LogP contribution in [-0.2, 0) is 0 Å². The Morgan fingerprint density at radius 3 is 2.41 bits per heavy atom. The zero-order valence-corrected chi connectivity index (χ0v) is 10.9. The molecule has 4 heteroatoms. The third-order valence-electron chi connectivity index (χ3n) is 3.15. The molecule has 1 heterocycles. The van der Waals surface area contributed by atoms with Crippen LogP contribution in [0.2, 0.25) is 0 Å². The van der Waals surface area contributed by atoms with Crippen LogP contribution in [0.3, 0.4) is 0 Å². The van der Waals surface area contributed by atoms with Crippen LogP contribution in [0.25, 0.3) is 0 Å². The lowest BCUT2D eigenvalue weighted by atomic mass is 10.1. The topological polar surface area (TPSA) is 53.4 Å². The molecule has 1 aromatic heterocycles.